The van der Waals surface area contributed by atoms with Crippen LogP contribution in [0.2, 0.25) is 0 Å². The number of aliphatic hydroxyl groups is 1. The molecule has 0 aromatic rings. The van der Waals surface area contributed by atoms with Gasteiger partial charge in [0.2, 0.25) is 0 Å². The maximum absolute atomic E-state index is 11.9. The lowest BCUT2D eigenvalue weighted by molar-refractivity contribution is -0.143. The van der Waals surface area contributed by atoms with Crippen molar-refractivity contribution in [1.29, 1.82) is 0 Å². The van der Waals surface area contributed by atoms with E-state index in [1.807, 2.05) is 0 Å². The van der Waals surface area contributed by atoms with Crippen LogP contribution in [0.5, 0.6) is 0 Å². The molecule has 0 aromatic heterocycles. The van der Waals surface area contributed by atoms with Gasteiger partial charge in [-0.2, -0.15) is 0 Å². The summed E-state index contributed by atoms with van der Waals surface area (Å²) in [5.74, 6) is 1.57. The molecule has 0 radical (unpaired) electrons. The highest BCUT2D eigenvalue weighted by atomic mass is 16.5. The van der Waals surface area contributed by atoms with Crippen molar-refractivity contribution in [3.63, 3.8) is 0 Å². The van der Waals surface area contributed by atoms with E-state index in [0.29, 0.717) is 37.9 Å². The van der Waals surface area contributed by atoms with Crippen LogP contribution in [-0.4, -0.2) is 30.1 Å². The lowest BCUT2D eigenvalue weighted by Crippen LogP contribution is -2.06. The molecule has 0 saturated carbocycles. The van der Waals surface area contributed by atoms with Gasteiger partial charge >= 0.3 is 5.97 Å². The van der Waals surface area contributed by atoms with E-state index >= 15 is 0 Å². The summed E-state index contributed by atoms with van der Waals surface area (Å²) in [5, 5.41) is 8.85. The quantitative estimate of drug-likeness (QED) is 0.0954. The van der Waals surface area contributed by atoms with Crippen LogP contribution in [0.15, 0.2) is 24.3 Å². The Morgan fingerprint density at radius 2 is 1.15 bits per heavy atom. The number of ether oxygens (including phenoxy) is 1. The molecule has 0 aliphatic heterocycles. The molecular formula is C29H52O4. The monoisotopic (exact) mass is 464 g/mol. The van der Waals surface area contributed by atoms with Gasteiger partial charge in [-0.25, -0.2) is 0 Å². The third-order valence-electron chi connectivity index (χ3n) is 6.08. The average Bonchev–Trinajstić information content (AvgIpc) is 2.78. The van der Waals surface area contributed by atoms with Gasteiger partial charge < -0.3 is 14.6 Å². The van der Waals surface area contributed by atoms with Crippen molar-refractivity contribution in [2.75, 3.05) is 13.2 Å². The number of rotatable bonds is 23. The highest BCUT2D eigenvalue weighted by Crippen LogP contribution is 2.15. The summed E-state index contributed by atoms with van der Waals surface area (Å²) < 4.78 is 5.38. The molecule has 192 valence electrons. The molecule has 0 saturated heterocycles. The molecule has 0 aliphatic rings. The van der Waals surface area contributed by atoms with Crippen LogP contribution in [0.3, 0.4) is 0 Å². The van der Waals surface area contributed by atoms with Crippen molar-refractivity contribution in [2.24, 2.45) is 11.8 Å². The fourth-order valence-corrected chi connectivity index (χ4v) is 3.89. The number of carbonyl (C=O) groups excluding carboxylic acids is 2. The number of Topliss-reactive ketones (excluding diaryl/α,β-unsaturated/α-hetero) is 1. The molecule has 33 heavy (non-hydrogen) atoms. The molecule has 0 fully saturated rings. The van der Waals surface area contributed by atoms with Crippen LogP contribution in [-0.2, 0) is 14.3 Å². The van der Waals surface area contributed by atoms with Crippen LogP contribution < -0.4 is 0 Å². The van der Waals surface area contributed by atoms with Gasteiger partial charge in [0.1, 0.15) is 5.78 Å². The van der Waals surface area contributed by atoms with Gasteiger partial charge in [-0.15, -0.1) is 0 Å². The summed E-state index contributed by atoms with van der Waals surface area (Å²) in [4.78, 5) is 22.7. The summed E-state index contributed by atoms with van der Waals surface area (Å²) >= 11 is 0. The third-order valence-corrected chi connectivity index (χ3v) is 6.08. The number of hydrogen-bond donors (Lipinski definition) is 1. The zero-order valence-electron chi connectivity index (χ0n) is 21.9. The number of hydrogen-bond acceptors (Lipinski definition) is 4. The molecular weight excluding hydrogens is 412 g/mol. The molecule has 0 rings (SSSR count). The Morgan fingerprint density at radius 1 is 0.697 bits per heavy atom. The Bertz CT molecular complexity index is 524. The number of ketones is 1. The van der Waals surface area contributed by atoms with Gasteiger partial charge in [0, 0.05) is 19.4 Å². The van der Waals surface area contributed by atoms with E-state index in [1.54, 1.807) is 6.92 Å². The summed E-state index contributed by atoms with van der Waals surface area (Å²) in [6.45, 7) is 7.03. The molecule has 0 aliphatic carbocycles. The summed E-state index contributed by atoms with van der Waals surface area (Å²) in [7, 11) is 0. The van der Waals surface area contributed by atoms with E-state index in [-0.39, 0.29) is 11.8 Å². The Morgan fingerprint density at radius 3 is 1.67 bits per heavy atom. The zero-order chi connectivity index (χ0) is 24.6. The number of allylic oxidation sites excluding steroid dienone is 4. The van der Waals surface area contributed by atoms with Gasteiger partial charge in [0.15, 0.2) is 0 Å². The second-order valence-corrected chi connectivity index (χ2v) is 9.73. The molecule has 0 spiro atoms. The first-order valence-electron chi connectivity index (χ1n) is 13.5. The van der Waals surface area contributed by atoms with Crippen molar-refractivity contribution in [3.05, 3.63) is 24.3 Å². The van der Waals surface area contributed by atoms with Crippen LogP contribution in [0.4, 0.5) is 0 Å². The predicted octanol–water partition coefficient (Wildman–Crippen LogP) is 7.74. The van der Waals surface area contributed by atoms with E-state index in [4.69, 9.17) is 9.84 Å². The van der Waals surface area contributed by atoms with Gasteiger partial charge in [-0.3, -0.25) is 4.79 Å². The van der Waals surface area contributed by atoms with Gasteiger partial charge in [-0.1, -0.05) is 51.0 Å². The fraction of sp³-hybridized carbons (Fsp3) is 0.793. The van der Waals surface area contributed by atoms with Gasteiger partial charge in [0.25, 0.3) is 0 Å². The molecule has 0 aromatic carbocycles. The molecule has 0 unspecified atom stereocenters. The zero-order valence-corrected chi connectivity index (χ0v) is 21.9. The lowest BCUT2D eigenvalue weighted by atomic mass is 9.99. The molecule has 4 nitrogen and oxygen atoms in total. The minimum atomic E-state index is -0.0660. The van der Waals surface area contributed by atoms with Crippen molar-refractivity contribution >= 4 is 11.8 Å². The minimum Gasteiger partial charge on any atom is -0.466 e. The van der Waals surface area contributed by atoms with E-state index in [2.05, 4.69) is 38.2 Å². The number of aliphatic hydroxyl groups excluding tert-OH is 1. The molecule has 1 N–H and O–H groups in total. The summed E-state index contributed by atoms with van der Waals surface area (Å²) in [6.07, 6.45) is 24.9. The van der Waals surface area contributed by atoms with Crippen LogP contribution in [0.25, 0.3) is 0 Å². The SMILES string of the molecule is CC(=O)CCC/C=C\CCC[C@H](C)CCCOC(=O)CCC/C=C\CCC[C@H](C)CCCO. The standard InChI is InChI=1S/C29H52O4/c1-26(20-16-24-30)18-12-9-5-7-11-15-23-29(32)33-25-17-21-27(2)19-13-8-4-6-10-14-22-28(3)31/h4-7,26-27,30H,8-25H2,1-3H3/b6-4-,7-5-/t26-,27-/m0/s1. The second kappa shape index (κ2) is 23.7. The van der Waals surface area contributed by atoms with E-state index in [1.165, 1.54) is 25.7 Å². The van der Waals surface area contributed by atoms with Crippen LogP contribution in [0.1, 0.15) is 124 Å². The van der Waals surface area contributed by atoms with Crippen LogP contribution in [0, 0.1) is 11.8 Å². The number of esters is 1. The lowest BCUT2D eigenvalue weighted by Gasteiger charge is -2.10. The Labute approximate surface area is 204 Å². The topological polar surface area (TPSA) is 63.6 Å². The fourth-order valence-electron chi connectivity index (χ4n) is 3.89. The second-order valence-electron chi connectivity index (χ2n) is 9.73. The van der Waals surface area contributed by atoms with Crippen molar-refractivity contribution in [2.45, 2.75) is 124 Å². The molecule has 0 bridgehead atoms. The smallest absolute Gasteiger partial charge is 0.305 e. The maximum atomic E-state index is 11.9. The Balaban J connectivity index is 3.48. The normalized spacial score (nSPS) is 13.6. The first-order chi connectivity index (χ1) is 16.0. The van der Waals surface area contributed by atoms with E-state index in [0.717, 1.165) is 64.2 Å². The van der Waals surface area contributed by atoms with Gasteiger partial charge in [0.05, 0.1) is 6.61 Å². The van der Waals surface area contributed by atoms with Crippen LogP contribution >= 0.6 is 0 Å². The molecule has 2 atom stereocenters. The first kappa shape index (κ1) is 31.6. The molecule has 0 amide bonds. The first-order valence-corrected chi connectivity index (χ1v) is 13.5. The number of unbranched alkanes of at least 4 members (excludes halogenated alkanes) is 4. The highest BCUT2D eigenvalue weighted by molar-refractivity contribution is 5.75. The predicted molar refractivity (Wildman–Crippen MR) is 139 cm³/mol. The largest absolute Gasteiger partial charge is 0.466 e. The highest BCUT2D eigenvalue weighted by Gasteiger charge is 2.05. The van der Waals surface area contributed by atoms with Crippen molar-refractivity contribution < 1.29 is 19.4 Å². The van der Waals surface area contributed by atoms with E-state index < -0.39 is 0 Å². The van der Waals surface area contributed by atoms with E-state index in [9.17, 15) is 9.59 Å². The Kier molecular flexibility index (Phi) is 22.7. The Hall–Kier alpha value is -1.42. The summed E-state index contributed by atoms with van der Waals surface area (Å²) in [6, 6.07) is 0. The maximum Gasteiger partial charge on any atom is 0.305 e. The third kappa shape index (κ3) is 25.0. The summed E-state index contributed by atoms with van der Waals surface area (Å²) in [5.41, 5.74) is 0. The van der Waals surface area contributed by atoms with Crippen molar-refractivity contribution in [1.82, 2.24) is 0 Å². The minimum absolute atomic E-state index is 0.0660. The van der Waals surface area contributed by atoms with Crippen molar-refractivity contribution in [3.8, 4) is 0 Å². The number of carbonyl (C=O) groups is 2. The molecule has 4 heteroatoms. The van der Waals surface area contributed by atoms with Gasteiger partial charge in [-0.05, 0) is 95.8 Å². The molecule has 0 heterocycles. The average molecular weight is 465 g/mol.